The Morgan fingerprint density at radius 2 is 2.25 bits per heavy atom. The molecule has 0 aliphatic rings. The highest BCUT2D eigenvalue weighted by atomic mass is 79.9. The molecule has 0 atom stereocenters. The molecular formula is C11H11BrN2O2. The first-order valence-corrected chi connectivity index (χ1v) is 5.90. The summed E-state index contributed by atoms with van der Waals surface area (Å²) in [6.45, 7) is 1.76. The maximum absolute atomic E-state index is 5.29. The van der Waals surface area contributed by atoms with Crippen molar-refractivity contribution >= 4 is 15.9 Å². The molecule has 1 aromatic carbocycles. The van der Waals surface area contributed by atoms with Gasteiger partial charge in [-0.2, -0.15) is 4.98 Å². The zero-order valence-electron chi connectivity index (χ0n) is 9.03. The summed E-state index contributed by atoms with van der Waals surface area (Å²) in [5, 5.41) is 4.62. The van der Waals surface area contributed by atoms with Gasteiger partial charge in [-0.15, -0.1) is 0 Å². The van der Waals surface area contributed by atoms with Crippen LogP contribution >= 0.6 is 15.9 Å². The largest absolute Gasteiger partial charge is 0.496 e. The van der Waals surface area contributed by atoms with Gasteiger partial charge in [0.1, 0.15) is 5.75 Å². The standard InChI is InChI=1S/C11H11BrN2O2/c1-7-13-11(14-16-7)8-3-4-9(6-12)10(5-8)15-2/h3-5H,6H2,1-2H3. The van der Waals surface area contributed by atoms with Gasteiger partial charge in [0, 0.05) is 23.4 Å². The van der Waals surface area contributed by atoms with Gasteiger partial charge in [-0.3, -0.25) is 0 Å². The third-order valence-electron chi connectivity index (χ3n) is 2.22. The SMILES string of the molecule is COc1cc(-c2noc(C)n2)ccc1CBr. The number of methoxy groups -OCH3 is 1. The summed E-state index contributed by atoms with van der Waals surface area (Å²) < 4.78 is 10.2. The number of hydrogen-bond acceptors (Lipinski definition) is 4. The molecule has 4 nitrogen and oxygen atoms in total. The molecule has 0 bridgehead atoms. The molecule has 1 heterocycles. The molecule has 2 aromatic rings. The zero-order chi connectivity index (χ0) is 11.5. The Morgan fingerprint density at radius 3 is 2.81 bits per heavy atom. The predicted octanol–water partition coefficient (Wildman–Crippen LogP) is 2.95. The average Bonchev–Trinajstić information content (AvgIpc) is 2.75. The highest BCUT2D eigenvalue weighted by Crippen LogP contribution is 2.26. The van der Waals surface area contributed by atoms with Gasteiger partial charge in [-0.25, -0.2) is 0 Å². The number of halogens is 1. The molecule has 0 saturated heterocycles. The average molecular weight is 283 g/mol. The van der Waals surface area contributed by atoms with Gasteiger partial charge in [0.2, 0.25) is 11.7 Å². The highest BCUT2D eigenvalue weighted by molar-refractivity contribution is 9.08. The van der Waals surface area contributed by atoms with E-state index in [1.54, 1.807) is 14.0 Å². The van der Waals surface area contributed by atoms with E-state index in [9.17, 15) is 0 Å². The van der Waals surface area contributed by atoms with Gasteiger partial charge in [0.25, 0.3) is 0 Å². The zero-order valence-corrected chi connectivity index (χ0v) is 10.6. The Bertz CT molecular complexity index is 496. The minimum atomic E-state index is 0.554. The summed E-state index contributed by atoms with van der Waals surface area (Å²) in [7, 11) is 1.65. The van der Waals surface area contributed by atoms with Crippen LogP contribution in [0.2, 0.25) is 0 Å². The van der Waals surface area contributed by atoms with Gasteiger partial charge in [-0.05, 0) is 6.07 Å². The van der Waals surface area contributed by atoms with E-state index in [0.717, 1.165) is 22.2 Å². The van der Waals surface area contributed by atoms with E-state index in [2.05, 4.69) is 26.1 Å². The Morgan fingerprint density at radius 1 is 1.44 bits per heavy atom. The normalized spacial score (nSPS) is 10.4. The van der Waals surface area contributed by atoms with Crippen molar-refractivity contribution in [2.24, 2.45) is 0 Å². The molecule has 0 aliphatic heterocycles. The molecule has 1 aromatic heterocycles. The van der Waals surface area contributed by atoms with E-state index >= 15 is 0 Å². The minimum Gasteiger partial charge on any atom is -0.496 e. The summed E-state index contributed by atoms with van der Waals surface area (Å²) in [6, 6.07) is 5.83. The Hall–Kier alpha value is -1.36. The van der Waals surface area contributed by atoms with Crippen molar-refractivity contribution in [1.29, 1.82) is 0 Å². The number of ether oxygens (including phenoxy) is 1. The minimum absolute atomic E-state index is 0.554. The smallest absolute Gasteiger partial charge is 0.223 e. The number of benzene rings is 1. The van der Waals surface area contributed by atoms with Crippen molar-refractivity contribution in [2.45, 2.75) is 12.3 Å². The van der Waals surface area contributed by atoms with Crippen LogP contribution in [0, 0.1) is 6.92 Å². The van der Waals surface area contributed by atoms with E-state index < -0.39 is 0 Å². The lowest BCUT2D eigenvalue weighted by molar-refractivity contribution is 0.394. The van der Waals surface area contributed by atoms with E-state index in [1.165, 1.54) is 0 Å². The monoisotopic (exact) mass is 282 g/mol. The first-order chi connectivity index (χ1) is 7.74. The summed E-state index contributed by atoms with van der Waals surface area (Å²) in [5.74, 6) is 1.95. The van der Waals surface area contributed by atoms with E-state index in [0.29, 0.717) is 11.7 Å². The summed E-state index contributed by atoms with van der Waals surface area (Å²) in [4.78, 5) is 4.17. The molecule has 2 rings (SSSR count). The third kappa shape index (κ3) is 2.09. The highest BCUT2D eigenvalue weighted by Gasteiger charge is 2.09. The second kappa shape index (κ2) is 4.65. The van der Waals surface area contributed by atoms with Gasteiger partial charge in [0.15, 0.2) is 0 Å². The molecule has 0 spiro atoms. The number of nitrogens with zero attached hydrogens (tertiary/aromatic N) is 2. The third-order valence-corrected chi connectivity index (χ3v) is 2.82. The lowest BCUT2D eigenvalue weighted by Gasteiger charge is -2.06. The maximum Gasteiger partial charge on any atom is 0.223 e. The second-order valence-corrected chi connectivity index (χ2v) is 3.86. The van der Waals surface area contributed by atoms with Crippen LogP contribution in [0.5, 0.6) is 5.75 Å². The number of hydrogen-bond donors (Lipinski definition) is 0. The van der Waals surface area contributed by atoms with Crippen LogP contribution in [-0.4, -0.2) is 17.3 Å². The Kier molecular flexibility index (Phi) is 3.24. The molecule has 0 unspecified atom stereocenters. The Labute approximate surface area is 102 Å². The fourth-order valence-electron chi connectivity index (χ4n) is 1.41. The maximum atomic E-state index is 5.29. The molecule has 0 aliphatic carbocycles. The quantitative estimate of drug-likeness (QED) is 0.812. The van der Waals surface area contributed by atoms with Gasteiger partial charge in [0.05, 0.1) is 7.11 Å². The van der Waals surface area contributed by atoms with E-state index in [-0.39, 0.29) is 0 Å². The van der Waals surface area contributed by atoms with Crippen LogP contribution in [0.1, 0.15) is 11.5 Å². The molecule has 16 heavy (non-hydrogen) atoms. The summed E-state index contributed by atoms with van der Waals surface area (Å²) in [6.07, 6.45) is 0. The molecule has 0 fully saturated rings. The van der Waals surface area contributed by atoms with E-state index in [1.807, 2.05) is 18.2 Å². The van der Waals surface area contributed by atoms with Crippen molar-refractivity contribution in [3.05, 3.63) is 29.7 Å². The molecule has 0 amide bonds. The van der Waals surface area contributed by atoms with Crippen LogP contribution < -0.4 is 4.74 Å². The number of alkyl halides is 1. The van der Waals surface area contributed by atoms with E-state index in [4.69, 9.17) is 9.26 Å². The van der Waals surface area contributed by atoms with Crippen LogP contribution in [0.25, 0.3) is 11.4 Å². The second-order valence-electron chi connectivity index (χ2n) is 3.30. The van der Waals surface area contributed by atoms with Crippen LogP contribution in [0.15, 0.2) is 22.7 Å². The lowest BCUT2D eigenvalue weighted by Crippen LogP contribution is -1.90. The topological polar surface area (TPSA) is 48.2 Å². The molecular weight excluding hydrogens is 272 g/mol. The number of aryl methyl sites for hydroxylation is 1. The van der Waals surface area contributed by atoms with Gasteiger partial charge < -0.3 is 9.26 Å². The van der Waals surface area contributed by atoms with Gasteiger partial charge in [-0.1, -0.05) is 33.2 Å². The molecule has 0 radical (unpaired) electrons. The first-order valence-electron chi connectivity index (χ1n) is 4.78. The van der Waals surface area contributed by atoms with Crippen LogP contribution in [-0.2, 0) is 5.33 Å². The summed E-state index contributed by atoms with van der Waals surface area (Å²) in [5.41, 5.74) is 1.98. The molecule has 5 heteroatoms. The molecule has 0 saturated carbocycles. The van der Waals surface area contributed by atoms with Gasteiger partial charge >= 0.3 is 0 Å². The fourth-order valence-corrected chi connectivity index (χ4v) is 1.87. The van der Waals surface area contributed by atoms with Crippen molar-refractivity contribution in [3.8, 4) is 17.1 Å². The van der Waals surface area contributed by atoms with Crippen molar-refractivity contribution in [3.63, 3.8) is 0 Å². The lowest BCUT2D eigenvalue weighted by atomic mass is 10.1. The Balaban J connectivity index is 2.43. The first kappa shape index (κ1) is 11.1. The number of rotatable bonds is 3. The summed E-state index contributed by atoms with van der Waals surface area (Å²) >= 11 is 3.40. The predicted molar refractivity (Wildman–Crippen MR) is 63.7 cm³/mol. The van der Waals surface area contributed by atoms with Crippen LogP contribution in [0.4, 0.5) is 0 Å². The molecule has 0 N–H and O–H groups in total. The van der Waals surface area contributed by atoms with Crippen LogP contribution in [0.3, 0.4) is 0 Å². The van der Waals surface area contributed by atoms with Crippen molar-refractivity contribution in [1.82, 2.24) is 10.1 Å². The van der Waals surface area contributed by atoms with Crippen molar-refractivity contribution < 1.29 is 9.26 Å². The number of aromatic nitrogens is 2. The molecule has 84 valence electrons. The fraction of sp³-hybridized carbons (Fsp3) is 0.273. The van der Waals surface area contributed by atoms with Crippen molar-refractivity contribution in [2.75, 3.05) is 7.11 Å².